The molecule has 1 aliphatic heterocycles. The van der Waals surface area contributed by atoms with Gasteiger partial charge in [0, 0.05) is 66.0 Å². The van der Waals surface area contributed by atoms with E-state index >= 15 is 0 Å². The molecule has 1 aliphatic rings. The lowest BCUT2D eigenvalue weighted by atomic mass is 10.0. The largest absolute Gasteiger partial charge is 0.416 e. The maximum Gasteiger partial charge on any atom is 0.416 e. The molecule has 1 saturated heterocycles. The number of halogens is 4. The third-order valence-corrected chi connectivity index (χ3v) is 6.20. The first-order valence-electron chi connectivity index (χ1n) is 11.6. The first kappa shape index (κ1) is 24.8. The molecule has 2 aromatic carbocycles. The van der Waals surface area contributed by atoms with E-state index < -0.39 is 23.5 Å². The van der Waals surface area contributed by atoms with Gasteiger partial charge in [-0.3, -0.25) is 19.7 Å². The number of alkyl halides is 3. The number of morpholine rings is 1. The predicted octanol–water partition coefficient (Wildman–Crippen LogP) is 5.54. The van der Waals surface area contributed by atoms with Gasteiger partial charge >= 0.3 is 6.18 Å². The van der Waals surface area contributed by atoms with Crippen LogP contribution in [0.5, 0.6) is 0 Å². The second-order valence-corrected chi connectivity index (χ2v) is 8.67. The van der Waals surface area contributed by atoms with Crippen molar-refractivity contribution in [3.05, 3.63) is 89.6 Å². The van der Waals surface area contributed by atoms with Crippen molar-refractivity contribution in [2.24, 2.45) is 0 Å². The summed E-state index contributed by atoms with van der Waals surface area (Å²) in [5.41, 5.74) is 0.396. The standard InChI is InChI=1S/C27H22F4N4O2/c28-24-6-4-17(12-21(24)22-15-32-14-18-2-1-7-33-25(18)22)26(36)34-20-5-3-19(23(13-20)27(29,30)31)16-35-8-10-37-11-9-35/h1-7,12-15H,8-11,16H2,(H,34,36). The minimum absolute atomic E-state index is 0.0116. The van der Waals surface area contributed by atoms with Crippen LogP contribution >= 0.6 is 0 Å². The maximum absolute atomic E-state index is 14.8. The van der Waals surface area contributed by atoms with Crippen molar-refractivity contribution in [3.8, 4) is 11.1 Å². The number of anilines is 1. The minimum atomic E-state index is -4.60. The second-order valence-electron chi connectivity index (χ2n) is 8.67. The van der Waals surface area contributed by atoms with E-state index in [4.69, 9.17) is 4.74 Å². The molecule has 1 N–H and O–H groups in total. The zero-order chi connectivity index (χ0) is 26.0. The summed E-state index contributed by atoms with van der Waals surface area (Å²) in [6.45, 7) is 2.16. The molecule has 0 unspecified atom stereocenters. The lowest BCUT2D eigenvalue weighted by Gasteiger charge is -2.27. The number of rotatable bonds is 5. The highest BCUT2D eigenvalue weighted by molar-refractivity contribution is 6.05. The molecule has 1 fully saturated rings. The first-order chi connectivity index (χ1) is 17.8. The van der Waals surface area contributed by atoms with Crippen LogP contribution in [-0.2, 0) is 17.5 Å². The second kappa shape index (κ2) is 10.2. The number of amides is 1. The van der Waals surface area contributed by atoms with Gasteiger partial charge in [0.05, 0.1) is 24.3 Å². The van der Waals surface area contributed by atoms with Crippen molar-refractivity contribution in [2.45, 2.75) is 12.7 Å². The van der Waals surface area contributed by atoms with Crippen molar-refractivity contribution in [3.63, 3.8) is 0 Å². The van der Waals surface area contributed by atoms with Crippen LogP contribution in [0.15, 0.2) is 67.1 Å². The third kappa shape index (κ3) is 5.45. The number of aromatic nitrogens is 2. The molecule has 0 atom stereocenters. The van der Waals surface area contributed by atoms with Gasteiger partial charge in [0.1, 0.15) is 5.82 Å². The Morgan fingerprint density at radius 1 is 1.03 bits per heavy atom. The van der Waals surface area contributed by atoms with E-state index in [9.17, 15) is 22.4 Å². The van der Waals surface area contributed by atoms with Crippen molar-refractivity contribution in [2.75, 3.05) is 31.6 Å². The van der Waals surface area contributed by atoms with Crippen LogP contribution in [0.2, 0.25) is 0 Å². The fourth-order valence-electron chi connectivity index (χ4n) is 4.33. The van der Waals surface area contributed by atoms with Gasteiger partial charge in [-0.2, -0.15) is 13.2 Å². The molecule has 0 saturated carbocycles. The van der Waals surface area contributed by atoms with Gasteiger partial charge in [-0.15, -0.1) is 0 Å². The van der Waals surface area contributed by atoms with E-state index in [1.807, 2.05) is 4.90 Å². The quantitative estimate of drug-likeness (QED) is 0.357. The Hall–Kier alpha value is -3.89. The Morgan fingerprint density at radius 2 is 1.84 bits per heavy atom. The van der Waals surface area contributed by atoms with Gasteiger partial charge in [0.25, 0.3) is 5.91 Å². The molecule has 5 rings (SSSR count). The number of benzene rings is 2. The highest BCUT2D eigenvalue weighted by Crippen LogP contribution is 2.35. The number of fused-ring (bicyclic) bond motifs is 1. The Kier molecular flexibility index (Phi) is 6.86. The highest BCUT2D eigenvalue weighted by Gasteiger charge is 2.34. The molecule has 4 aromatic rings. The average Bonchev–Trinajstić information content (AvgIpc) is 2.89. The first-order valence-corrected chi connectivity index (χ1v) is 11.6. The maximum atomic E-state index is 14.8. The Labute approximate surface area is 209 Å². The van der Waals surface area contributed by atoms with Crippen molar-refractivity contribution < 1.29 is 27.1 Å². The molecular formula is C27H22F4N4O2. The van der Waals surface area contributed by atoms with Crippen LogP contribution in [0.25, 0.3) is 22.0 Å². The highest BCUT2D eigenvalue weighted by atomic mass is 19.4. The Bertz CT molecular complexity index is 1450. The number of ether oxygens (including phenoxy) is 1. The van der Waals surface area contributed by atoms with E-state index in [0.29, 0.717) is 42.8 Å². The summed E-state index contributed by atoms with van der Waals surface area (Å²) in [6, 6.07) is 11.0. The molecule has 0 aliphatic carbocycles. The molecule has 37 heavy (non-hydrogen) atoms. The molecule has 6 nitrogen and oxygen atoms in total. The van der Waals surface area contributed by atoms with Gasteiger partial charge in [0.15, 0.2) is 0 Å². The van der Waals surface area contributed by atoms with E-state index in [2.05, 4.69) is 15.3 Å². The average molecular weight is 510 g/mol. The number of hydrogen-bond donors (Lipinski definition) is 1. The summed E-state index contributed by atoms with van der Waals surface area (Å²) in [4.78, 5) is 23.3. The van der Waals surface area contributed by atoms with E-state index in [0.717, 1.165) is 12.1 Å². The topological polar surface area (TPSA) is 67.4 Å². The molecule has 0 radical (unpaired) electrons. The van der Waals surface area contributed by atoms with Crippen LogP contribution in [0.3, 0.4) is 0 Å². The zero-order valence-corrected chi connectivity index (χ0v) is 19.6. The van der Waals surface area contributed by atoms with Gasteiger partial charge < -0.3 is 10.1 Å². The molecule has 10 heteroatoms. The molecule has 0 bridgehead atoms. The van der Waals surface area contributed by atoms with Gasteiger partial charge in [-0.05, 0) is 48.0 Å². The van der Waals surface area contributed by atoms with Crippen LogP contribution in [0, 0.1) is 5.82 Å². The van der Waals surface area contributed by atoms with Crippen molar-refractivity contribution >= 4 is 22.5 Å². The van der Waals surface area contributed by atoms with Crippen LogP contribution in [-0.4, -0.2) is 47.1 Å². The van der Waals surface area contributed by atoms with E-state index in [1.165, 1.54) is 30.5 Å². The van der Waals surface area contributed by atoms with Gasteiger partial charge in [0.2, 0.25) is 0 Å². The van der Waals surface area contributed by atoms with Gasteiger partial charge in [-0.25, -0.2) is 4.39 Å². The summed E-state index contributed by atoms with van der Waals surface area (Å²) >= 11 is 0. The number of hydrogen-bond acceptors (Lipinski definition) is 5. The summed E-state index contributed by atoms with van der Waals surface area (Å²) in [5.74, 6) is -1.25. The van der Waals surface area contributed by atoms with Crippen molar-refractivity contribution in [1.29, 1.82) is 0 Å². The van der Waals surface area contributed by atoms with Crippen molar-refractivity contribution in [1.82, 2.24) is 14.9 Å². The zero-order valence-electron chi connectivity index (χ0n) is 19.6. The number of pyridine rings is 2. The smallest absolute Gasteiger partial charge is 0.379 e. The number of carbonyl (C=O) groups is 1. The molecular weight excluding hydrogens is 488 g/mol. The molecule has 190 valence electrons. The van der Waals surface area contributed by atoms with Gasteiger partial charge in [-0.1, -0.05) is 6.07 Å². The van der Waals surface area contributed by atoms with Crippen LogP contribution < -0.4 is 5.32 Å². The normalized spacial score (nSPS) is 14.6. The fraction of sp³-hybridized carbons (Fsp3) is 0.222. The monoisotopic (exact) mass is 510 g/mol. The summed E-state index contributed by atoms with van der Waals surface area (Å²) in [7, 11) is 0. The Balaban J connectivity index is 1.42. The number of carbonyl (C=O) groups excluding carboxylic acids is 1. The van der Waals surface area contributed by atoms with Crippen LogP contribution in [0.1, 0.15) is 21.5 Å². The molecule has 1 amide bonds. The number of nitrogens with zero attached hydrogens (tertiary/aromatic N) is 3. The molecule has 3 heterocycles. The summed E-state index contributed by atoms with van der Waals surface area (Å²) in [6.07, 6.45) is 0.0283. The van der Waals surface area contributed by atoms with Crippen LogP contribution in [0.4, 0.5) is 23.2 Å². The minimum Gasteiger partial charge on any atom is -0.379 e. The Morgan fingerprint density at radius 3 is 2.62 bits per heavy atom. The molecule has 2 aromatic heterocycles. The predicted molar refractivity (Wildman–Crippen MR) is 130 cm³/mol. The SMILES string of the molecule is O=C(Nc1ccc(CN2CCOCC2)c(C(F)(F)F)c1)c1ccc(F)c(-c2cncc3cccnc23)c1. The number of nitrogens with one attached hydrogen (secondary N) is 1. The van der Waals surface area contributed by atoms with E-state index in [1.54, 1.807) is 24.5 Å². The molecule has 0 spiro atoms. The lowest BCUT2D eigenvalue weighted by molar-refractivity contribution is -0.138. The third-order valence-electron chi connectivity index (χ3n) is 6.20. The lowest BCUT2D eigenvalue weighted by Crippen LogP contribution is -2.36. The van der Waals surface area contributed by atoms with E-state index in [-0.39, 0.29) is 28.9 Å². The fourth-order valence-corrected chi connectivity index (χ4v) is 4.33. The summed E-state index contributed by atoms with van der Waals surface area (Å²) in [5, 5.41) is 3.21. The summed E-state index contributed by atoms with van der Waals surface area (Å²) < 4.78 is 61.6.